The molecule has 3 rings (SSSR count). The van der Waals surface area contributed by atoms with E-state index in [0.717, 1.165) is 24.2 Å². The van der Waals surface area contributed by atoms with Gasteiger partial charge < -0.3 is 5.32 Å². The van der Waals surface area contributed by atoms with Gasteiger partial charge in [-0.3, -0.25) is 4.57 Å². The van der Waals surface area contributed by atoms with E-state index in [1.54, 1.807) is 4.57 Å². The fourth-order valence-electron chi connectivity index (χ4n) is 2.71. The summed E-state index contributed by atoms with van der Waals surface area (Å²) in [6.07, 6.45) is 1.72. The quantitative estimate of drug-likeness (QED) is 0.676. The van der Waals surface area contributed by atoms with E-state index in [2.05, 4.69) is 35.0 Å². The Morgan fingerprint density at radius 1 is 1.17 bits per heavy atom. The third-order valence-corrected chi connectivity index (χ3v) is 4.16. The summed E-state index contributed by atoms with van der Waals surface area (Å²) in [5.74, 6) is 1.39. The van der Waals surface area contributed by atoms with E-state index in [0.29, 0.717) is 30.1 Å². The third-order valence-electron chi connectivity index (χ3n) is 3.79. The van der Waals surface area contributed by atoms with Crippen LogP contribution in [0.4, 0.5) is 5.82 Å². The van der Waals surface area contributed by atoms with E-state index >= 15 is 0 Å². The molecule has 0 aliphatic heterocycles. The van der Waals surface area contributed by atoms with Gasteiger partial charge >= 0.3 is 5.69 Å². The van der Waals surface area contributed by atoms with Crippen LogP contribution < -0.4 is 11.0 Å². The van der Waals surface area contributed by atoms with E-state index in [-0.39, 0.29) is 5.69 Å². The molecule has 3 aromatic rings. The van der Waals surface area contributed by atoms with Gasteiger partial charge in [-0.15, -0.1) is 0 Å². The highest BCUT2D eigenvalue weighted by Crippen LogP contribution is 2.22. The van der Waals surface area contributed by atoms with Crippen LogP contribution in [-0.2, 0) is 13.0 Å². The predicted molar refractivity (Wildman–Crippen MR) is 99.9 cm³/mol. The van der Waals surface area contributed by atoms with Gasteiger partial charge in [0.25, 0.3) is 0 Å². The average molecular weight is 343 g/mol. The van der Waals surface area contributed by atoms with Crippen LogP contribution >= 0.6 is 12.8 Å². The van der Waals surface area contributed by atoms with Crippen molar-refractivity contribution in [1.82, 2.24) is 18.5 Å². The first-order chi connectivity index (χ1) is 11.7. The fraction of sp³-hybridized carbons (Fsp3) is 0.353. The van der Waals surface area contributed by atoms with Crippen LogP contribution in [0.1, 0.15) is 31.7 Å². The van der Waals surface area contributed by atoms with Crippen molar-refractivity contribution in [2.24, 2.45) is 0 Å². The highest BCUT2D eigenvalue weighted by molar-refractivity contribution is 7.78. The van der Waals surface area contributed by atoms with Gasteiger partial charge in [-0.2, -0.15) is 0 Å². The Kier molecular flexibility index (Phi) is 4.89. The summed E-state index contributed by atoms with van der Waals surface area (Å²) < 4.78 is 2.98. The van der Waals surface area contributed by atoms with Gasteiger partial charge in [-0.05, 0) is 18.9 Å². The number of fused-ring (bicyclic) bond motifs is 1. The number of imidazole rings is 1. The number of nitrogens with zero attached hydrogens (tertiary/aromatic N) is 4. The van der Waals surface area contributed by atoms with Crippen molar-refractivity contribution in [3.8, 4) is 0 Å². The standard InChI is InChI=1S/C17H21N5OS/c1-3-8-13-19-15(18-4-2)14-16(20-13)21(17(23)22(14)24)11-12-9-6-5-7-10-12/h5-7,9-10,24H,3-4,8,11H2,1-2H3,(H,18,19,20). The van der Waals surface area contributed by atoms with Gasteiger partial charge in [0.2, 0.25) is 0 Å². The van der Waals surface area contributed by atoms with Crippen molar-refractivity contribution in [3.05, 3.63) is 52.2 Å². The van der Waals surface area contributed by atoms with Crippen LogP contribution in [0.5, 0.6) is 0 Å². The Morgan fingerprint density at radius 2 is 1.92 bits per heavy atom. The maximum atomic E-state index is 12.7. The maximum absolute atomic E-state index is 12.7. The van der Waals surface area contributed by atoms with Crippen molar-refractivity contribution in [1.29, 1.82) is 0 Å². The van der Waals surface area contributed by atoms with Crippen LogP contribution in [0, 0.1) is 0 Å². The third kappa shape index (κ3) is 3.03. The number of benzene rings is 1. The lowest BCUT2D eigenvalue weighted by Gasteiger charge is -2.08. The summed E-state index contributed by atoms with van der Waals surface area (Å²) in [5.41, 5.74) is 2.08. The molecule has 2 heterocycles. The molecular weight excluding hydrogens is 322 g/mol. The number of nitrogens with one attached hydrogen (secondary N) is 1. The molecule has 0 radical (unpaired) electrons. The molecule has 0 unspecified atom stereocenters. The summed E-state index contributed by atoms with van der Waals surface area (Å²) in [5, 5.41) is 3.22. The Labute approximate surface area is 146 Å². The van der Waals surface area contributed by atoms with E-state index in [4.69, 9.17) is 0 Å². The molecule has 0 aliphatic carbocycles. The largest absolute Gasteiger partial charge is 0.368 e. The fourth-order valence-corrected chi connectivity index (χ4v) is 3.00. The SMILES string of the molecule is CCCc1nc(NCC)c2c(n1)n(Cc1ccccc1)c(=O)n2S. The molecule has 2 aromatic heterocycles. The van der Waals surface area contributed by atoms with Crippen molar-refractivity contribution in [2.45, 2.75) is 33.2 Å². The molecule has 0 bridgehead atoms. The highest BCUT2D eigenvalue weighted by Gasteiger charge is 2.19. The zero-order valence-corrected chi connectivity index (χ0v) is 14.8. The second kappa shape index (κ2) is 7.09. The summed E-state index contributed by atoms with van der Waals surface area (Å²) in [7, 11) is 0. The van der Waals surface area contributed by atoms with Gasteiger partial charge in [0.05, 0.1) is 6.54 Å². The minimum Gasteiger partial charge on any atom is -0.368 e. The summed E-state index contributed by atoms with van der Waals surface area (Å²) in [6.45, 7) is 5.25. The van der Waals surface area contributed by atoms with Gasteiger partial charge in [-0.1, -0.05) is 50.1 Å². The van der Waals surface area contributed by atoms with Gasteiger partial charge in [-0.25, -0.2) is 18.7 Å². The van der Waals surface area contributed by atoms with Crippen LogP contribution in [0.25, 0.3) is 11.2 Å². The Morgan fingerprint density at radius 3 is 2.58 bits per heavy atom. The summed E-state index contributed by atoms with van der Waals surface area (Å²) in [6, 6.07) is 9.86. The van der Waals surface area contributed by atoms with Crippen LogP contribution in [-0.4, -0.2) is 25.1 Å². The number of rotatable bonds is 6. The second-order valence-corrected chi connectivity index (χ2v) is 6.01. The molecule has 0 spiro atoms. The molecule has 0 saturated heterocycles. The molecule has 0 amide bonds. The zero-order valence-electron chi connectivity index (χ0n) is 13.9. The summed E-state index contributed by atoms with van der Waals surface area (Å²) in [4.78, 5) is 21.9. The molecule has 0 atom stereocenters. The van der Waals surface area contributed by atoms with Crippen molar-refractivity contribution in [2.75, 3.05) is 11.9 Å². The molecule has 0 aliphatic rings. The van der Waals surface area contributed by atoms with Crippen molar-refractivity contribution < 1.29 is 0 Å². The molecule has 7 heteroatoms. The molecule has 1 N–H and O–H groups in total. The van der Waals surface area contributed by atoms with Crippen LogP contribution in [0.3, 0.4) is 0 Å². The lowest BCUT2D eigenvalue weighted by Crippen LogP contribution is -2.21. The van der Waals surface area contributed by atoms with Crippen molar-refractivity contribution >= 4 is 29.8 Å². The lowest BCUT2D eigenvalue weighted by molar-refractivity contribution is 0.763. The molecular formula is C17H21N5OS. The van der Waals surface area contributed by atoms with E-state index in [1.807, 2.05) is 37.3 Å². The van der Waals surface area contributed by atoms with Gasteiger partial charge in [0.1, 0.15) is 11.3 Å². The number of thiol groups is 1. The first-order valence-electron chi connectivity index (χ1n) is 8.14. The number of aryl methyl sites for hydroxylation is 1. The topological polar surface area (TPSA) is 64.7 Å². The molecule has 24 heavy (non-hydrogen) atoms. The second-order valence-electron chi connectivity index (χ2n) is 5.61. The van der Waals surface area contributed by atoms with Crippen LogP contribution in [0.15, 0.2) is 35.1 Å². The molecule has 1 aromatic carbocycles. The molecule has 0 fully saturated rings. The predicted octanol–water partition coefficient (Wildman–Crippen LogP) is 2.72. The first-order valence-corrected chi connectivity index (χ1v) is 8.54. The molecule has 126 valence electrons. The minimum atomic E-state index is -0.209. The van der Waals surface area contributed by atoms with Crippen molar-refractivity contribution in [3.63, 3.8) is 0 Å². The maximum Gasteiger partial charge on any atom is 0.340 e. The Hall–Kier alpha value is -2.28. The Balaban J connectivity index is 2.21. The van der Waals surface area contributed by atoms with E-state index in [1.165, 1.54) is 3.97 Å². The number of hydrogen-bond acceptors (Lipinski definition) is 5. The average Bonchev–Trinajstić information content (AvgIpc) is 2.82. The summed E-state index contributed by atoms with van der Waals surface area (Å²) >= 11 is 4.36. The monoisotopic (exact) mass is 343 g/mol. The lowest BCUT2D eigenvalue weighted by atomic mass is 10.2. The Bertz CT molecular complexity index is 901. The highest BCUT2D eigenvalue weighted by atomic mass is 32.1. The number of hydrogen-bond donors (Lipinski definition) is 2. The molecule has 6 nitrogen and oxygen atoms in total. The van der Waals surface area contributed by atoms with E-state index < -0.39 is 0 Å². The molecule has 0 saturated carbocycles. The first kappa shape index (κ1) is 16.6. The number of aromatic nitrogens is 4. The smallest absolute Gasteiger partial charge is 0.340 e. The van der Waals surface area contributed by atoms with Crippen LogP contribution in [0.2, 0.25) is 0 Å². The zero-order chi connectivity index (χ0) is 17.1. The van der Waals surface area contributed by atoms with Gasteiger partial charge in [0.15, 0.2) is 11.5 Å². The van der Waals surface area contributed by atoms with E-state index in [9.17, 15) is 4.79 Å². The van der Waals surface area contributed by atoms with Gasteiger partial charge in [0, 0.05) is 13.0 Å². The normalized spacial score (nSPS) is 11.1. The number of anilines is 1. The minimum absolute atomic E-state index is 0.209.